The Morgan fingerprint density at radius 3 is 2.24 bits per heavy atom. The Bertz CT molecular complexity index is 722. The third kappa shape index (κ3) is 4.72. The molecule has 0 saturated heterocycles. The van der Waals surface area contributed by atoms with E-state index in [4.69, 9.17) is 4.74 Å². The largest absolute Gasteiger partial charge is 0.413 e. The number of rotatable bonds is 6. The third-order valence-electron chi connectivity index (χ3n) is 4.37. The first kappa shape index (κ1) is 18.8. The van der Waals surface area contributed by atoms with Gasteiger partial charge in [-0.3, -0.25) is 0 Å². The van der Waals surface area contributed by atoms with Crippen LogP contribution in [0.5, 0.6) is 5.75 Å². The fraction of sp³-hybridized carbons (Fsp3) is 0.318. The highest BCUT2D eigenvalue weighted by molar-refractivity contribution is 5.72. The number of hydrogen-bond donors (Lipinski definition) is 1. The highest BCUT2D eigenvalue weighted by Crippen LogP contribution is 2.35. The maximum absolute atomic E-state index is 12.5. The molecule has 2 aromatic carbocycles. The zero-order valence-electron chi connectivity index (χ0n) is 15.5. The van der Waals surface area contributed by atoms with E-state index >= 15 is 0 Å². The van der Waals surface area contributed by atoms with Gasteiger partial charge in [-0.2, -0.15) is 0 Å². The number of nitrogens with one attached hydrogen (secondary N) is 1. The Labute approximate surface area is 150 Å². The number of carbonyl (C=O) groups excluding carboxylic acids is 1. The molecule has 132 valence electrons. The molecule has 0 spiro atoms. The number of ether oxygens (including phenoxy) is 1. The molecule has 0 fully saturated rings. The summed E-state index contributed by atoms with van der Waals surface area (Å²) in [7, 11) is 0. The summed E-state index contributed by atoms with van der Waals surface area (Å²) in [4.78, 5) is 12.5. The van der Waals surface area contributed by atoms with Gasteiger partial charge in [0.2, 0.25) is 0 Å². The fourth-order valence-electron chi connectivity index (χ4n) is 2.76. The standard InChI is InChI=1S/C22H27NO2/c1-6-16(4)20-14-10-13-19(15(2)3)21(20)25-22(24)23-17(5)18-11-8-7-9-12-18/h6-17H,1H2,2-5H3,(H,23,24)/t16-,17-/m1/s1. The molecule has 3 heteroatoms. The predicted octanol–water partition coefficient (Wildman–Crippen LogP) is 5.95. The average molecular weight is 337 g/mol. The molecule has 0 saturated carbocycles. The molecule has 0 aliphatic heterocycles. The van der Waals surface area contributed by atoms with Gasteiger partial charge >= 0.3 is 6.09 Å². The van der Waals surface area contributed by atoms with Crippen molar-refractivity contribution in [3.05, 3.63) is 77.9 Å². The van der Waals surface area contributed by atoms with Gasteiger partial charge in [0.05, 0.1) is 6.04 Å². The summed E-state index contributed by atoms with van der Waals surface area (Å²) in [6.45, 7) is 12.0. The monoisotopic (exact) mass is 337 g/mol. The second-order valence-corrected chi connectivity index (χ2v) is 6.61. The van der Waals surface area contributed by atoms with Crippen LogP contribution in [0.3, 0.4) is 0 Å². The van der Waals surface area contributed by atoms with Gasteiger partial charge in [-0.15, -0.1) is 6.58 Å². The van der Waals surface area contributed by atoms with Crippen LogP contribution >= 0.6 is 0 Å². The van der Waals surface area contributed by atoms with Crippen LogP contribution < -0.4 is 10.1 Å². The van der Waals surface area contributed by atoms with Crippen LogP contribution in [0, 0.1) is 0 Å². The third-order valence-corrected chi connectivity index (χ3v) is 4.37. The maximum Gasteiger partial charge on any atom is 0.413 e. The molecule has 0 aliphatic rings. The van der Waals surface area contributed by atoms with E-state index in [0.717, 1.165) is 16.7 Å². The lowest BCUT2D eigenvalue weighted by Crippen LogP contribution is -2.30. The van der Waals surface area contributed by atoms with E-state index < -0.39 is 6.09 Å². The lowest BCUT2D eigenvalue weighted by molar-refractivity contribution is 0.196. The zero-order valence-corrected chi connectivity index (χ0v) is 15.5. The SMILES string of the molecule is C=C[C@@H](C)c1cccc(C(C)C)c1OC(=O)N[C@H](C)c1ccccc1. The smallest absolute Gasteiger partial charge is 0.410 e. The van der Waals surface area contributed by atoms with Crippen molar-refractivity contribution in [3.63, 3.8) is 0 Å². The van der Waals surface area contributed by atoms with Crippen molar-refractivity contribution < 1.29 is 9.53 Å². The molecule has 1 N–H and O–H groups in total. The summed E-state index contributed by atoms with van der Waals surface area (Å²) in [6.07, 6.45) is 1.42. The molecule has 0 aliphatic carbocycles. The van der Waals surface area contributed by atoms with Crippen LogP contribution in [-0.2, 0) is 0 Å². The van der Waals surface area contributed by atoms with Gasteiger partial charge in [-0.25, -0.2) is 4.79 Å². The second-order valence-electron chi connectivity index (χ2n) is 6.61. The highest BCUT2D eigenvalue weighted by Gasteiger charge is 2.19. The fourth-order valence-corrected chi connectivity index (χ4v) is 2.76. The number of para-hydroxylation sites is 1. The molecular weight excluding hydrogens is 310 g/mol. The van der Waals surface area contributed by atoms with Crippen molar-refractivity contribution in [1.29, 1.82) is 0 Å². The molecule has 3 nitrogen and oxygen atoms in total. The summed E-state index contributed by atoms with van der Waals surface area (Å²) >= 11 is 0. The lowest BCUT2D eigenvalue weighted by atomic mass is 9.93. The van der Waals surface area contributed by atoms with Gasteiger partial charge in [0, 0.05) is 11.5 Å². The first-order valence-corrected chi connectivity index (χ1v) is 8.72. The van der Waals surface area contributed by atoms with E-state index in [1.54, 1.807) is 0 Å². The molecule has 2 atom stereocenters. The molecule has 0 heterocycles. The zero-order chi connectivity index (χ0) is 18.4. The highest BCUT2D eigenvalue weighted by atomic mass is 16.6. The molecule has 1 amide bonds. The summed E-state index contributed by atoms with van der Waals surface area (Å²) in [5, 5.41) is 2.91. The van der Waals surface area contributed by atoms with Gasteiger partial charge in [-0.05, 0) is 24.0 Å². The first-order valence-electron chi connectivity index (χ1n) is 8.72. The molecule has 0 aromatic heterocycles. The van der Waals surface area contributed by atoms with Gasteiger partial charge in [0.1, 0.15) is 5.75 Å². The maximum atomic E-state index is 12.5. The van der Waals surface area contributed by atoms with Crippen LogP contribution in [0.15, 0.2) is 61.2 Å². The summed E-state index contributed by atoms with van der Waals surface area (Å²) < 4.78 is 5.76. The van der Waals surface area contributed by atoms with Crippen molar-refractivity contribution in [3.8, 4) is 5.75 Å². The minimum absolute atomic E-state index is 0.105. The Morgan fingerprint density at radius 2 is 1.64 bits per heavy atom. The summed E-state index contributed by atoms with van der Waals surface area (Å²) in [6, 6.07) is 15.7. The van der Waals surface area contributed by atoms with Crippen molar-refractivity contribution in [2.24, 2.45) is 0 Å². The van der Waals surface area contributed by atoms with Crippen molar-refractivity contribution in [2.45, 2.75) is 45.6 Å². The van der Waals surface area contributed by atoms with Gasteiger partial charge in [0.25, 0.3) is 0 Å². The van der Waals surface area contributed by atoms with Crippen LogP contribution in [-0.4, -0.2) is 6.09 Å². The molecule has 0 radical (unpaired) electrons. The summed E-state index contributed by atoms with van der Waals surface area (Å²) in [5.74, 6) is 1.00. The van der Waals surface area contributed by atoms with Crippen molar-refractivity contribution in [1.82, 2.24) is 5.32 Å². The van der Waals surface area contributed by atoms with Gasteiger partial charge < -0.3 is 10.1 Å². The average Bonchev–Trinajstić information content (AvgIpc) is 2.61. The van der Waals surface area contributed by atoms with E-state index in [9.17, 15) is 4.79 Å². The first-order chi connectivity index (χ1) is 11.9. The molecule has 2 rings (SSSR count). The van der Waals surface area contributed by atoms with Crippen LogP contribution in [0.2, 0.25) is 0 Å². The van der Waals surface area contributed by atoms with Crippen molar-refractivity contribution >= 4 is 6.09 Å². The minimum atomic E-state index is -0.443. The van der Waals surface area contributed by atoms with Gasteiger partial charge in [0.15, 0.2) is 0 Å². The Morgan fingerprint density at radius 1 is 1.00 bits per heavy atom. The van der Waals surface area contributed by atoms with Crippen molar-refractivity contribution in [2.75, 3.05) is 0 Å². The topological polar surface area (TPSA) is 38.3 Å². The predicted molar refractivity (Wildman–Crippen MR) is 103 cm³/mol. The van der Waals surface area contributed by atoms with E-state index in [0.29, 0.717) is 5.75 Å². The Kier molecular flexibility index (Phi) is 6.40. The number of hydrogen-bond acceptors (Lipinski definition) is 2. The molecule has 2 aromatic rings. The molecule has 0 unspecified atom stereocenters. The minimum Gasteiger partial charge on any atom is -0.410 e. The normalized spacial score (nSPS) is 13.2. The molecule has 25 heavy (non-hydrogen) atoms. The van der Waals surface area contributed by atoms with Gasteiger partial charge in [-0.1, -0.05) is 75.4 Å². The molecular formula is C22H27NO2. The Hall–Kier alpha value is -2.55. The second kappa shape index (κ2) is 8.52. The van der Waals surface area contributed by atoms with E-state index in [1.807, 2.05) is 68.5 Å². The Balaban J connectivity index is 2.23. The quantitative estimate of drug-likeness (QED) is 0.662. The van der Waals surface area contributed by atoms with E-state index in [-0.39, 0.29) is 17.9 Å². The molecule has 0 bridgehead atoms. The van der Waals surface area contributed by atoms with Crippen LogP contribution in [0.1, 0.15) is 62.3 Å². The number of amides is 1. The number of carbonyl (C=O) groups is 1. The lowest BCUT2D eigenvalue weighted by Gasteiger charge is -2.20. The number of allylic oxidation sites excluding steroid dienone is 1. The number of benzene rings is 2. The van der Waals surface area contributed by atoms with Crippen LogP contribution in [0.25, 0.3) is 0 Å². The van der Waals surface area contributed by atoms with E-state index in [2.05, 4.69) is 25.7 Å². The van der Waals surface area contributed by atoms with Crippen LogP contribution in [0.4, 0.5) is 4.79 Å². The van der Waals surface area contributed by atoms with E-state index in [1.165, 1.54) is 0 Å². The summed E-state index contributed by atoms with van der Waals surface area (Å²) in [5.41, 5.74) is 3.04.